The van der Waals surface area contributed by atoms with E-state index < -0.39 is 0 Å². The van der Waals surface area contributed by atoms with Crippen LogP contribution in [0.15, 0.2) is 54.7 Å². The van der Waals surface area contributed by atoms with Crippen LogP contribution in [0.3, 0.4) is 0 Å². The fourth-order valence-corrected chi connectivity index (χ4v) is 3.95. The molecule has 2 N–H and O–H groups in total. The number of carbonyl (C=O) groups excluding carboxylic acids is 1. The van der Waals surface area contributed by atoms with Gasteiger partial charge in [0.05, 0.1) is 11.6 Å². The van der Waals surface area contributed by atoms with Gasteiger partial charge in [-0.05, 0) is 84.3 Å². The lowest BCUT2D eigenvalue weighted by Gasteiger charge is -2.28. The first-order valence-electron chi connectivity index (χ1n) is 10.5. The SMILES string of the molecule is N#Cc1ccc2c(c1)CCN(CCCCNC(=O)/C=C/c1ccc3[nH]ccc3c1)C2. The number of benzene rings is 2. The third-order valence-electron chi connectivity index (χ3n) is 5.63. The number of nitrogens with zero attached hydrogens (tertiary/aromatic N) is 2. The van der Waals surface area contributed by atoms with Gasteiger partial charge in [0, 0.05) is 37.4 Å². The predicted molar refractivity (Wildman–Crippen MR) is 120 cm³/mol. The van der Waals surface area contributed by atoms with Crippen molar-refractivity contribution in [3.05, 3.63) is 77.0 Å². The molecule has 1 aromatic heterocycles. The summed E-state index contributed by atoms with van der Waals surface area (Å²) in [6.07, 6.45) is 8.39. The maximum Gasteiger partial charge on any atom is 0.243 e. The number of amides is 1. The maximum atomic E-state index is 12.0. The second-order valence-corrected chi connectivity index (χ2v) is 7.78. The summed E-state index contributed by atoms with van der Waals surface area (Å²) in [7, 11) is 0. The van der Waals surface area contributed by atoms with E-state index in [9.17, 15) is 4.79 Å². The molecule has 0 saturated carbocycles. The molecule has 0 atom stereocenters. The van der Waals surface area contributed by atoms with E-state index in [1.807, 2.05) is 42.6 Å². The maximum absolute atomic E-state index is 12.0. The van der Waals surface area contributed by atoms with Crippen LogP contribution in [-0.4, -0.2) is 35.4 Å². The van der Waals surface area contributed by atoms with Gasteiger partial charge >= 0.3 is 0 Å². The van der Waals surface area contributed by atoms with Crippen molar-refractivity contribution >= 4 is 22.9 Å². The molecule has 4 rings (SSSR count). The molecule has 0 spiro atoms. The number of H-pyrrole nitrogens is 1. The van der Waals surface area contributed by atoms with Crippen molar-refractivity contribution in [1.29, 1.82) is 5.26 Å². The summed E-state index contributed by atoms with van der Waals surface area (Å²) >= 11 is 0. The Balaban J connectivity index is 1.15. The van der Waals surface area contributed by atoms with Gasteiger partial charge in [0.2, 0.25) is 5.91 Å². The van der Waals surface area contributed by atoms with E-state index in [1.165, 1.54) is 11.1 Å². The minimum absolute atomic E-state index is 0.0515. The van der Waals surface area contributed by atoms with E-state index in [0.717, 1.165) is 60.9 Å². The van der Waals surface area contributed by atoms with Crippen LogP contribution in [0.1, 0.15) is 35.1 Å². The van der Waals surface area contributed by atoms with Crippen molar-refractivity contribution in [2.45, 2.75) is 25.8 Å². The van der Waals surface area contributed by atoms with Crippen LogP contribution in [0.4, 0.5) is 0 Å². The summed E-state index contributed by atoms with van der Waals surface area (Å²) in [5, 5.41) is 13.1. The first kappa shape index (κ1) is 19.9. The van der Waals surface area contributed by atoms with Crippen LogP contribution in [0.5, 0.6) is 0 Å². The van der Waals surface area contributed by atoms with Crippen molar-refractivity contribution < 1.29 is 4.79 Å². The molecule has 3 aromatic rings. The molecule has 2 aromatic carbocycles. The molecule has 0 saturated heterocycles. The van der Waals surface area contributed by atoms with Crippen LogP contribution in [-0.2, 0) is 17.8 Å². The van der Waals surface area contributed by atoms with Gasteiger partial charge in [-0.15, -0.1) is 0 Å². The molecule has 0 radical (unpaired) electrons. The smallest absolute Gasteiger partial charge is 0.243 e. The molecule has 5 heteroatoms. The molecule has 0 aliphatic carbocycles. The van der Waals surface area contributed by atoms with Crippen LogP contribution >= 0.6 is 0 Å². The molecule has 5 nitrogen and oxygen atoms in total. The first-order chi connectivity index (χ1) is 14.7. The Morgan fingerprint density at radius 2 is 2.10 bits per heavy atom. The van der Waals surface area contributed by atoms with Gasteiger partial charge < -0.3 is 10.3 Å². The number of nitriles is 1. The average Bonchev–Trinajstić information content (AvgIpc) is 3.25. The number of aromatic nitrogens is 1. The molecule has 1 amide bonds. The highest BCUT2D eigenvalue weighted by Gasteiger charge is 2.16. The standard InChI is InChI=1S/C25H26N4O/c26-17-20-3-6-23-18-29(14-10-21(23)16-20)13-2-1-11-28-25(30)8-5-19-4-7-24-22(15-19)9-12-27-24/h3-9,12,15-16,27H,1-2,10-11,13-14,18H2,(H,28,30)/b8-5+. The Kier molecular flexibility index (Phi) is 6.26. The van der Waals surface area contributed by atoms with E-state index in [4.69, 9.17) is 5.26 Å². The van der Waals surface area contributed by atoms with Crippen LogP contribution in [0.25, 0.3) is 17.0 Å². The predicted octanol–water partition coefficient (Wildman–Crippen LogP) is 4.01. The Bertz CT molecular complexity index is 1110. The van der Waals surface area contributed by atoms with E-state index in [-0.39, 0.29) is 5.91 Å². The molecule has 2 heterocycles. The lowest BCUT2D eigenvalue weighted by molar-refractivity contribution is -0.116. The highest BCUT2D eigenvalue weighted by Crippen LogP contribution is 2.20. The Labute approximate surface area is 177 Å². The topological polar surface area (TPSA) is 71.9 Å². The van der Waals surface area contributed by atoms with E-state index in [0.29, 0.717) is 6.54 Å². The molecule has 0 fully saturated rings. The van der Waals surface area contributed by atoms with Crippen LogP contribution in [0, 0.1) is 11.3 Å². The van der Waals surface area contributed by atoms with Crippen molar-refractivity contribution in [3.63, 3.8) is 0 Å². The molecule has 0 bridgehead atoms. The van der Waals surface area contributed by atoms with Crippen molar-refractivity contribution in [3.8, 4) is 6.07 Å². The number of fused-ring (bicyclic) bond motifs is 2. The van der Waals surface area contributed by atoms with Crippen molar-refractivity contribution in [2.75, 3.05) is 19.6 Å². The molecule has 30 heavy (non-hydrogen) atoms. The molecule has 152 valence electrons. The summed E-state index contributed by atoms with van der Waals surface area (Å²) in [6.45, 7) is 3.70. The summed E-state index contributed by atoms with van der Waals surface area (Å²) < 4.78 is 0. The zero-order valence-electron chi connectivity index (χ0n) is 17.0. The fourth-order valence-electron chi connectivity index (χ4n) is 3.95. The number of hydrogen-bond donors (Lipinski definition) is 2. The minimum Gasteiger partial charge on any atom is -0.361 e. The number of nitrogens with one attached hydrogen (secondary N) is 2. The third-order valence-corrected chi connectivity index (χ3v) is 5.63. The second-order valence-electron chi connectivity index (χ2n) is 7.78. The average molecular weight is 399 g/mol. The number of carbonyl (C=O) groups is 1. The lowest BCUT2D eigenvalue weighted by Crippen LogP contribution is -2.32. The molecule has 0 unspecified atom stereocenters. The first-order valence-corrected chi connectivity index (χ1v) is 10.5. The normalized spacial score (nSPS) is 14.0. The number of hydrogen-bond acceptors (Lipinski definition) is 3. The van der Waals surface area contributed by atoms with E-state index >= 15 is 0 Å². The summed E-state index contributed by atoms with van der Waals surface area (Å²) in [5.41, 5.74) is 5.50. The Morgan fingerprint density at radius 1 is 1.17 bits per heavy atom. The highest BCUT2D eigenvalue weighted by atomic mass is 16.1. The number of aromatic amines is 1. The van der Waals surface area contributed by atoms with Crippen molar-refractivity contribution in [1.82, 2.24) is 15.2 Å². The van der Waals surface area contributed by atoms with Crippen molar-refractivity contribution in [2.24, 2.45) is 0 Å². The highest BCUT2D eigenvalue weighted by molar-refractivity contribution is 5.92. The molecular weight excluding hydrogens is 372 g/mol. The lowest BCUT2D eigenvalue weighted by atomic mass is 9.97. The number of rotatable bonds is 7. The Morgan fingerprint density at radius 3 is 3.00 bits per heavy atom. The van der Waals surface area contributed by atoms with Gasteiger partial charge in [0.25, 0.3) is 0 Å². The van der Waals surface area contributed by atoms with Crippen LogP contribution in [0.2, 0.25) is 0 Å². The van der Waals surface area contributed by atoms with Gasteiger partial charge in [-0.1, -0.05) is 12.1 Å². The monoisotopic (exact) mass is 398 g/mol. The molecule has 1 aliphatic rings. The quantitative estimate of drug-likeness (QED) is 0.467. The minimum atomic E-state index is -0.0515. The van der Waals surface area contributed by atoms with Gasteiger partial charge in [0.15, 0.2) is 0 Å². The molecule has 1 aliphatic heterocycles. The third kappa shape index (κ3) is 4.97. The Hall–Kier alpha value is -3.36. The fraction of sp³-hybridized carbons (Fsp3) is 0.280. The van der Waals surface area contributed by atoms with Crippen LogP contribution < -0.4 is 5.32 Å². The van der Waals surface area contributed by atoms with E-state index in [2.05, 4.69) is 33.4 Å². The second kappa shape index (κ2) is 9.43. The zero-order valence-corrected chi connectivity index (χ0v) is 17.0. The summed E-state index contributed by atoms with van der Waals surface area (Å²) in [5.74, 6) is -0.0515. The van der Waals surface area contributed by atoms with Gasteiger partial charge in [-0.3, -0.25) is 9.69 Å². The van der Waals surface area contributed by atoms with Gasteiger partial charge in [-0.2, -0.15) is 5.26 Å². The number of unbranched alkanes of at least 4 members (excludes halogenated alkanes) is 1. The summed E-state index contributed by atoms with van der Waals surface area (Å²) in [4.78, 5) is 17.7. The van der Waals surface area contributed by atoms with Gasteiger partial charge in [0.1, 0.15) is 0 Å². The molecular formula is C25H26N4O. The zero-order chi connectivity index (χ0) is 20.8. The van der Waals surface area contributed by atoms with E-state index in [1.54, 1.807) is 6.08 Å². The summed E-state index contributed by atoms with van der Waals surface area (Å²) in [6, 6.07) is 16.3. The largest absolute Gasteiger partial charge is 0.361 e. The van der Waals surface area contributed by atoms with Gasteiger partial charge in [-0.25, -0.2) is 0 Å².